The van der Waals surface area contributed by atoms with Crippen LogP contribution in [-0.2, 0) is 11.3 Å². The van der Waals surface area contributed by atoms with Crippen LogP contribution in [0, 0.1) is 12.7 Å². The van der Waals surface area contributed by atoms with Crippen molar-refractivity contribution >= 4 is 33.1 Å². The first kappa shape index (κ1) is 20.0. The van der Waals surface area contributed by atoms with Crippen molar-refractivity contribution in [2.45, 2.75) is 13.5 Å². The van der Waals surface area contributed by atoms with E-state index in [4.69, 9.17) is 9.47 Å². The molecule has 0 spiro atoms. The van der Waals surface area contributed by atoms with E-state index in [2.05, 4.69) is 5.32 Å². The van der Waals surface area contributed by atoms with Crippen LogP contribution in [0.2, 0.25) is 0 Å². The first-order valence-electron chi connectivity index (χ1n) is 9.61. The fraction of sp³-hybridized carbons (Fsp3) is 0.136. The number of carbonyl (C=O) groups excluding carboxylic acids is 1. The van der Waals surface area contributed by atoms with Gasteiger partial charge in [-0.15, -0.1) is 11.3 Å². The number of hydrogen-bond acceptors (Lipinski definition) is 6. The number of nitrogens with one attached hydrogen (secondary N) is 1. The van der Waals surface area contributed by atoms with E-state index in [-0.39, 0.29) is 19.0 Å². The minimum absolute atomic E-state index is 0.114. The predicted molar refractivity (Wildman–Crippen MR) is 118 cm³/mol. The smallest absolute Gasteiger partial charge is 0.336 e. The van der Waals surface area contributed by atoms with Crippen molar-refractivity contribution in [3.8, 4) is 17.2 Å². The second kappa shape index (κ2) is 7.65. The number of halogens is 1. The van der Waals surface area contributed by atoms with E-state index >= 15 is 0 Å². The Balaban J connectivity index is 1.54. The van der Waals surface area contributed by atoms with E-state index in [0.717, 1.165) is 4.57 Å². The molecule has 1 aliphatic heterocycles. The average molecular weight is 453 g/mol. The summed E-state index contributed by atoms with van der Waals surface area (Å²) < 4.78 is 26.8. The zero-order chi connectivity index (χ0) is 22.4. The van der Waals surface area contributed by atoms with Gasteiger partial charge in [0, 0.05) is 11.8 Å². The average Bonchev–Trinajstić information content (AvgIpc) is 3.43. The highest BCUT2D eigenvalue weighted by Crippen LogP contribution is 2.34. The van der Waals surface area contributed by atoms with Crippen molar-refractivity contribution in [3.05, 3.63) is 80.1 Å². The molecule has 8 nitrogen and oxygen atoms in total. The molecule has 2 aromatic carbocycles. The molecule has 0 unspecified atom stereocenters. The minimum atomic E-state index is -0.687. The Bertz CT molecular complexity index is 1500. The highest BCUT2D eigenvalue weighted by atomic mass is 32.1. The first-order valence-corrected chi connectivity index (χ1v) is 10.5. The fourth-order valence-electron chi connectivity index (χ4n) is 3.55. The van der Waals surface area contributed by atoms with Crippen molar-refractivity contribution in [1.29, 1.82) is 0 Å². The molecular weight excluding hydrogens is 437 g/mol. The third-order valence-corrected chi connectivity index (χ3v) is 6.00. The number of aryl methyl sites for hydroxylation is 1. The Morgan fingerprint density at radius 1 is 1.12 bits per heavy atom. The van der Waals surface area contributed by atoms with Crippen molar-refractivity contribution in [2.24, 2.45) is 0 Å². The number of carbonyl (C=O) groups is 1. The Morgan fingerprint density at radius 3 is 2.75 bits per heavy atom. The summed E-state index contributed by atoms with van der Waals surface area (Å²) in [6.45, 7) is 1.34. The number of hydrogen-bond donors (Lipinski definition) is 1. The molecular formula is C22H16FN3O5S. The maximum atomic E-state index is 13.7. The number of ether oxygens (including phenoxy) is 2. The van der Waals surface area contributed by atoms with Gasteiger partial charge in [0.05, 0.1) is 11.2 Å². The van der Waals surface area contributed by atoms with Crippen molar-refractivity contribution in [2.75, 3.05) is 12.1 Å². The van der Waals surface area contributed by atoms with E-state index in [0.29, 0.717) is 33.0 Å². The first-order chi connectivity index (χ1) is 15.4. The molecule has 2 aromatic heterocycles. The molecule has 1 amide bonds. The van der Waals surface area contributed by atoms with Crippen LogP contribution in [0.3, 0.4) is 0 Å². The summed E-state index contributed by atoms with van der Waals surface area (Å²) in [5, 5.41) is 4.41. The van der Waals surface area contributed by atoms with Gasteiger partial charge in [0.1, 0.15) is 17.1 Å². The van der Waals surface area contributed by atoms with Crippen molar-refractivity contribution in [1.82, 2.24) is 9.13 Å². The molecule has 5 rings (SSSR count). The molecule has 1 N–H and O–H groups in total. The number of anilines is 1. The molecule has 1 aliphatic rings. The summed E-state index contributed by atoms with van der Waals surface area (Å²) in [5.41, 5.74) is 0.176. The molecule has 4 aromatic rings. The normalized spacial score (nSPS) is 12.3. The Morgan fingerprint density at radius 2 is 1.94 bits per heavy atom. The standard InChI is InChI=1S/C22H16FN3O5S/c1-12-8-14(3-4-15(12)23)26-21(28)20-16(6-7-32-20)25(22(26)29)10-19(27)24-13-2-5-17-18(9-13)31-11-30-17/h2-9H,10-11H2,1H3,(H,24,27). The van der Waals surface area contributed by atoms with Crippen molar-refractivity contribution < 1.29 is 18.7 Å². The monoisotopic (exact) mass is 453 g/mol. The van der Waals surface area contributed by atoms with Crippen molar-refractivity contribution in [3.63, 3.8) is 0 Å². The molecule has 0 aliphatic carbocycles. The summed E-state index contributed by atoms with van der Waals surface area (Å²) in [6, 6.07) is 10.6. The van der Waals surface area contributed by atoms with Gasteiger partial charge in [-0.2, -0.15) is 0 Å². The quantitative estimate of drug-likeness (QED) is 0.513. The summed E-state index contributed by atoms with van der Waals surface area (Å²) in [5.74, 6) is 0.197. The molecule has 0 saturated heterocycles. The maximum absolute atomic E-state index is 13.7. The minimum Gasteiger partial charge on any atom is -0.454 e. The summed E-state index contributed by atoms with van der Waals surface area (Å²) in [4.78, 5) is 39.0. The SMILES string of the molecule is Cc1cc(-n2c(=O)c3sccc3n(CC(=O)Nc3ccc4c(c3)OCO4)c2=O)ccc1F. The van der Waals surface area contributed by atoms with Gasteiger partial charge in [0.2, 0.25) is 12.7 Å². The lowest BCUT2D eigenvalue weighted by atomic mass is 10.2. The van der Waals surface area contributed by atoms with Crippen LogP contribution in [0.1, 0.15) is 5.56 Å². The van der Waals surface area contributed by atoms with Gasteiger partial charge < -0.3 is 14.8 Å². The fourth-order valence-corrected chi connectivity index (χ4v) is 4.38. The molecule has 162 valence electrons. The van der Waals surface area contributed by atoms with Crippen LogP contribution >= 0.6 is 11.3 Å². The van der Waals surface area contributed by atoms with Crippen LogP contribution in [0.4, 0.5) is 10.1 Å². The van der Waals surface area contributed by atoms with Gasteiger partial charge in [-0.05, 0) is 54.3 Å². The van der Waals surface area contributed by atoms with Gasteiger partial charge in [-0.25, -0.2) is 13.8 Å². The van der Waals surface area contributed by atoms with Gasteiger partial charge in [0.15, 0.2) is 11.5 Å². The van der Waals surface area contributed by atoms with E-state index in [1.54, 1.807) is 36.6 Å². The molecule has 0 bridgehead atoms. The topological polar surface area (TPSA) is 91.6 Å². The third-order valence-electron chi connectivity index (χ3n) is 5.11. The Hall–Kier alpha value is -3.92. The lowest BCUT2D eigenvalue weighted by Gasteiger charge is -2.13. The summed E-state index contributed by atoms with van der Waals surface area (Å²) >= 11 is 1.17. The van der Waals surface area contributed by atoms with E-state index < -0.39 is 23.0 Å². The zero-order valence-electron chi connectivity index (χ0n) is 16.8. The lowest BCUT2D eigenvalue weighted by molar-refractivity contribution is -0.116. The maximum Gasteiger partial charge on any atom is 0.336 e. The van der Waals surface area contributed by atoms with Gasteiger partial charge in [0.25, 0.3) is 5.56 Å². The number of fused-ring (bicyclic) bond motifs is 2. The number of benzene rings is 2. The number of aromatic nitrogens is 2. The number of thiophene rings is 1. The second-order valence-electron chi connectivity index (χ2n) is 7.19. The van der Waals surface area contributed by atoms with Gasteiger partial charge in [-0.3, -0.25) is 14.2 Å². The molecule has 0 saturated carbocycles. The third kappa shape index (κ3) is 3.34. The van der Waals surface area contributed by atoms with Gasteiger partial charge >= 0.3 is 5.69 Å². The van der Waals surface area contributed by atoms with E-state index in [1.807, 2.05) is 0 Å². The highest BCUT2D eigenvalue weighted by Gasteiger charge is 2.19. The second-order valence-corrected chi connectivity index (χ2v) is 8.11. The zero-order valence-corrected chi connectivity index (χ0v) is 17.6. The highest BCUT2D eigenvalue weighted by molar-refractivity contribution is 7.17. The summed E-state index contributed by atoms with van der Waals surface area (Å²) in [7, 11) is 0. The van der Waals surface area contributed by atoms with Crippen LogP contribution in [0.25, 0.3) is 15.9 Å². The lowest BCUT2D eigenvalue weighted by Crippen LogP contribution is -2.40. The molecule has 10 heteroatoms. The predicted octanol–water partition coefficient (Wildman–Crippen LogP) is 3.03. The van der Waals surface area contributed by atoms with Gasteiger partial charge in [-0.1, -0.05) is 0 Å². The number of amides is 1. The number of rotatable bonds is 4. The largest absolute Gasteiger partial charge is 0.454 e. The molecule has 0 atom stereocenters. The Kier molecular flexibility index (Phi) is 4.78. The summed E-state index contributed by atoms with van der Waals surface area (Å²) in [6.07, 6.45) is 0. The molecule has 0 fully saturated rings. The van der Waals surface area contributed by atoms with Crippen LogP contribution in [0.5, 0.6) is 11.5 Å². The van der Waals surface area contributed by atoms with Crippen LogP contribution in [0.15, 0.2) is 57.4 Å². The molecule has 32 heavy (non-hydrogen) atoms. The van der Waals surface area contributed by atoms with E-state index in [1.165, 1.54) is 34.1 Å². The van der Waals surface area contributed by atoms with E-state index in [9.17, 15) is 18.8 Å². The Labute approximate surface area is 184 Å². The number of nitrogens with zero attached hydrogens (tertiary/aromatic N) is 2. The molecule has 3 heterocycles. The van der Waals surface area contributed by atoms with Crippen LogP contribution < -0.4 is 26.0 Å². The molecule has 0 radical (unpaired) electrons. The van der Waals surface area contributed by atoms with Crippen LogP contribution in [-0.4, -0.2) is 21.8 Å².